The van der Waals surface area contributed by atoms with Crippen LogP contribution in [0.1, 0.15) is 5.56 Å². The lowest BCUT2D eigenvalue weighted by molar-refractivity contribution is -0.137. The fourth-order valence-corrected chi connectivity index (χ4v) is 3.38. The van der Waals surface area contributed by atoms with E-state index in [1.54, 1.807) is 31.4 Å². The van der Waals surface area contributed by atoms with E-state index in [2.05, 4.69) is 15.5 Å². The van der Waals surface area contributed by atoms with Crippen LogP contribution in [0.5, 0.6) is 5.75 Å². The van der Waals surface area contributed by atoms with Gasteiger partial charge in [-0.3, -0.25) is 4.79 Å². The first-order valence-corrected chi connectivity index (χ1v) is 9.70. The predicted octanol–water partition coefficient (Wildman–Crippen LogP) is 4.07. The molecule has 12 heteroatoms. The minimum atomic E-state index is -4.66. The fourth-order valence-electron chi connectivity index (χ4n) is 2.51. The van der Waals surface area contributed by atoms with Gasteiger partial charge in [0.05, 0.1) is 29.1 Å². The number of aromatic nitrogens is 3. The zero-order chi connectivity index (χ0) is 21.9. The number of nitrogens with zero attached hydrogens (tertiary/aromatic N) is 3. The van der Waals surface area contributed by atoms with Gasteiger partial charge in [-0.15, -0.1) is 10.2 Å². The maximum absolute atomic E-state index is 13.1. The third kappa shape index (κ3) is 4.79. The molecule has 1 aromatic heterocycles. The highest BCUT2D eigenvalue weighted by molar-refractivity contribution is 7.99. The van der Waals surface area contributed by atoms with Gasteiger partial charge >= 0.3 is 6.18 Å². The molecule has 0 aliphatic carbocycles. The summed E-state index contributed by atoms with van der Waals surface area (Å²) in [7, 11) is 1.54. The van der Waals surface area contributed by atoms with E-state index in [1.807, 2.05) is 0 Å². The number of methoxy groups -OCH3 is 1. The van der Waals surface area contributed by atoms with E-state index < -0.39 is 23.3 Å². The molecular formula is C18H15ClF3N5O2S. The third-order valence-corrected chi connectivity index (χ3v) is 5.19. The van der Waals surface area contributed by atoms with Crippen LogP contribution in [0.15, 0.2) is 47.6 Å². The van der Waals surface area contributed by atoms with Crippen molar-refractivity contribution in [2.45, 2.75) is 11.3 Å². The Labute approximate surface area is 178 Å². The van der Waals surface area contributed by atoms with Crippen LogP contribution in [0.2, 0.25) is 5.02 Å². The number of hydrogen-bond acceptors (Lipinski definition) is 6. The Morgan fingerprint density at radius 3 is 2.57 bits per heavy atom. The summed E-state index contributed by atoms with van der Waals surface area (Å²) in [5.41, 5.74) is -0.851. The molecule has 0 aliphatic heterocycles. The van der Waals surface area contributed by atoms with Gasteiger partial charge in [-0.05, 0) is 36.4 Å². The first kappa shape index (κ1) is 21.8. The second-order valence-electron chi connectivity index (χ2n) is 5.90. The Bertz CT molecular complexity index is 1060. The van der Waals surface area contributed by atoms with Gasteiger partial charge in [-0.1, -0.05) is 29.4 Å². The summed E-state index contributed by atoms with van der Waals surface area (Å²) < 4.78 is 45.7. The van der Waals surface area contributed by atoms with Gasteiger partial charge in [0.2, 0.25) is 11.1 Å². The number of anilines is 1. The number of nitrogens with one attached hydrogen (secondary N) is 1. The number of alkyl halides is 3. The van der Waals surface area contributed by atoms with Gasteiger partial charge in [-0.2, -0.15) is 13.2 Å². The lowest BCUT2D eigenvalue weighted by Gasteiger charge is -2.15. The highest BCUT2D eigenvalue weighted by atomic mass is 35.5. The predicted molar refractivity (Wildman–Crippen MR) is 108 cm³/mol. The number of ether oxygens (including phenoxy) is 1. The van der Waals surface area contributed by atoms with E-state index in [9.17, 15) is 18.0 Å². The molecule has 158 valence electrons. The number of hydrogen-bond donors (Lipinski definition) is 2. The number of halogens is 4. The minimum absolute atomic E-state index is 0.214. The average molecular weight is 458 g/mol. The van der Waals surface area contributed by atoms with Gasteiger partial charge in [0.1, 0.15) is 5.75 Å². The van der Waals surface area contributed by atoms with E-state index in [-0.39, 0.29) is 15.9 Å². The molecule has 1 amide bonds. The monoisotopic (exact) mass is 457 g/mol. The summed E-state index contributed by atoms with van der Waals surface area (Å²) in [5.74, 6) is 6.05. The number of rotatable bonds is 6. The van der Waals surface area contributed by atoms with Gasteiger partial charge in [0, 0.05) is 5.56 Å². The van der Waals surface area contributed by atoms with Crippen LogP contribution in [0, 0.1) is 0 Å². The Balaban J connectivity index is 1.70. The molecule has 0 spiro atoms. The van der Waals surface area contributed by atoms with Crippen LogP contribution in [0.4, 0.5) is 18.9 Å². The molecule has 2 aromatic carbocycles. The Hall–Kier alpha value is -2.92. The largest absolute Gasteiger partial charge is 0.497 e. The van der Waals surface area contributed by atoms with Crippen LogP contribution in [0.25, 0.3) is 11.4 Å². The first-order valence-electron chi connectivity index (χ1n) is 8.34. The molecular weight excluding hydrogens is 443 g/mol. The third-order valence-electron chi connectivity index (χ3n) is 3.93. The molecule has 0 radical (unpaired) electrons. The molecule has 3 rings (SSSR count). The zero-order valence-corrected chi connectivity index (χ0v) is 17.0. The molecule has 3 N–H and O–H groups in total. The van der Waals surface area contributed by atoms with Crippen molar-refractivity contribution < 1.29 is 22.7 Å². The summed E-state index contributed by atoms with van der Waals surface area (Å²) in [6.45, 7) is 0. The number of amides is 1. The Morgan fingerprint density at radius 1 is 1.23 bits per heavy atom. The summed E-state index contributed by atoms with van der Waals surface area (Å²) in [6.07, 6.45) is -4.66. The van der Waals surface area contributed by atoms with Crippen molar-refractivity contribution in [1.29, 1.82) is 0 Å². The molecule has 30 heavy (non-hydrogen) atoms. The molecule has 0 unspecified atom stereocenters. The molecule has 0 atom stereocenters. The maximum Gasteiger partial charge on any atom is 0.418 e. The first-order chi connectivity index (χ1) is 14.2. The minimum Gasteiger partial charge on any atom is -0.497 e. The van der Waals surface area contributed by atoms with E-state index in [4.69, 9.17) is 22.2 Å². The normalized spacial score (nSPS) is 11.4. The van der Waals surface area contributed by atoms with Crippen LogP contribution in [-0.2, 0) is 11.0 Å². The number of para-hydroxylation sites is 1. The van der Waals surface area contributed by atoms with Crippen molar-refractivity contribution in [1.82, 2.24) is 14.9 Å². The van der Waals surface area contributed by atoms with Crippen LogP contribution >= 0.6 is 23.4 Å². The number of carbonyl (C=O) groups excluding carboxylic acids is 1. The number of benzene rings is 2. The quantitative estimate of drug-likeness (QED) is 0.428. The number of nitrogen functional groups attached to an aromatic ring is 1. The van der Waals surface area contributed by atoms with Crippen molar-refractivity contribution in [2.24, 2.45) is 0 Å². The Kier molecular flexibility index (Phi) is 6.42. The molecule has 0 saturated carbocycles. The van der Waals surface area contributed by atoms with Gasteiger partial charge in [-0.25, -0.2) is 4.68 Å². The standard InChI is InChI=1S/C18H15ClF3N5O2S/c1-29-11-7-5-10(6-8-11)16-25-26-17(27(16)23)30-9-14(28)24-15-12(18(20,21)22)3-2-4-13(15)19/h2-8H,9,23H2,1H3,(H,24,28). The molecule has 0 fully saturated rings. The summed E-state index contributed by atoms with van der Waals surface area (Å²) in [4.78, 5) is 12.2. The van der Waals surface area contributed by atoms with Crippen LogP contribution in [-0.4, -0.2) is 33.6 Å². The summed E-state index contributed by atoms with van der Waals surface area (Å²) in [5, 5.41) is 10.1. The van der Waals surface area contributed by atoms with E-state index >= 15 is 0 Å². The van der Waals surface area contributed by atoms with Gasteiger partial charge in [0.15, 0.2) is 5.82 Å². The SMILES string of the molecule is COc1ccc(-c2nnc(SCC(=O)Nc3c(Cl)cccc3C(F)(F)F)n2N)cc1. The van der Waals surface area contributed by atoms with E-state index in [1.165, 1.54) is 10.7 Å². The molecule has 3 aromatic rings. The van der Waals surface area contributed by atoms with Gasteiger partial charge < -0.3 is 15.9 Å². The maximum atomic E-state index is 13.1. The smallest absolute Gasteiger partial charge is 0.418 e. The second-order valence-corrected chi connectivity index (χ2v) is 7.25. The highest BCUT2D eigenvalue weighted by Crippen LogP contribution is 2.38. The number of carbonyl (C=O) groups is 1. The van der Waals surface area contributed by atoms with Crippen molar-refractivity contribution >= 4 is 35.0 Å². The summed E-state index contributed by atoms with van der Waals surface area (Å²) >= 11 is 6.76. The zero-order valence-electron chi connectivity index (χ0n) is 15.4. The van der Waals surface area contributed by atoms with Gasteiger partial charge in [0.25, 0.3) is 0 Å². The van der Waals surface area contributed by atoms with Crippen molar-refractivity contribution in [3.8, 4) is 17.1 Å². The average Bonchev–Trinajstić information content (AvgIpc) is 3.07. The fraction of sp³-hybridized carbons (Fsp3) is 0.167. The van der Waals surface area contributed by atoms with Crippen molar-refractivity contribution in [3.05, 3.63) is 53.1 Å². The van der Waals surface area contributed by atoms with E-state index in [0.29, 0.717) is 17.1 Å². The molecule has 0 saturated heterocycles. The lowest BCUT2D eigenvalue weighted by Crippen LogP contribution is -2.19. The molecule has 0 aliphatic rings. The topological polar surface area (TPSA) is 95.1 Å². The van der Waals surface area contributed by atoms with E-state index in [0.717, 1.165) is 23.9 Å². The molecule has 1 heterocycles. The molecule has 0 bridgehead atoms. The lowest BCUT2D eigenvalue weighted by atomic mass is 10.1. The van der Waals surface area contributed by atoms with Crippen molar-refractivity contribution in [3.63, 3.8) is 0 Å². The number of thioether (sulfide) groups is 1. The number of nitrogens with two attached hydrogens (primary N) is 1. The van der Waals surface area contributed by atoms with Crippen molar-refractivity contribution in [2.75, 3.05) is 24.0 Å². The Morgan fingerprint density at radius 2 is 1.93 bits per heavy atom. The van der Waals surface area contributed by atoms with Crippen LogP contribution < -0.4 is 15.9 Å². The van der Waals surface area contributed by atoms with Crippen LogP contribution in [0.3, 0.4) is 0 Å². The summed E-state index contributed by atoms with van der Waals surface area (Å²) in [6, 6.07) is 10.2. The second kappa shape index (κ2) is 8.84. The highest BCUT2D eigenvalue weighted by Gasteiger charge is 2.34. The molecule has 7 nitrogen and oxygen atoms in total.